The molecule has 1 saturated carbocycles. The predicted molar refractivity (Wildman–Crippen MR) is 76.9 cm³/mol. The molecule has 0 amide bonds. The molecule has 0 atom stereocenters. The Labute approximate surface area is 114 Å². The summed E-state index contributed by atoms with van der Waals surface area (Å²) in [6, 6.07) is 0.761. The van der Waals surface area contributed by atoms with E-state index in [0.717, 1.165) is 18.5 Å². The minimum absolute atomic E-state index is 0.761. The van der Waals surface area contributed by atoms with Crippen molar-refractivity contribution >= 4 is 11.8 Å². The molecule has 1 aromatic heterocycles. The Morgan fingerprint density at radius 1 is 1.28 bits per heavy atom. The number of thioether (sulfide) groups is 1. The Balaban J connectivity index is 1.52. The maximum absolute atomic E-state index is 4.33. The third kappa shape index (κ3) is 2.91. The molecule has 2 fully saturated rings. The van der Waals surface area contributed by atoms with Crippen LogP contribution in [-0.2, 0) is 6.54 Å². The average molecular weight is 265 g/mol. The number of rotatable bonds is 5. The van der Waals surface area contributed by atoms with Gasteiger partial charge in [0.25, 0.3) is 0 Å². The summed E-state index contributed by atoms with van der Waals surface area (Å²) in [5, 5.41) is 0. The van der Waals surface area contributed by atoms with Crippen LogP contribution in [-0.4, -0.2) is 39.5 Å². The second kappa shape index (κ2) is 5.66. The first-order valence-electron chi connectivity index (χ1n) is 7.09. The molecule has 0 radical (unpaired) electrons. The molecule has 2 heterocycles. The summed E-state index contributed by atoms with van der Waals surface area (Å²) in [4.78, 5) is 6.93. The highest BCUT2D eigenvalue weighted by Crippen LogP contribution is 2.36. The smallest absolute Gasteiger partial charge is 0.0951 e. The van der Waals surface area contributed by atoms with Crippen molar-refractivity contribution in [1.29, 1.82) is 0 Å². The Morgan fingerprint density at radius 2 is 2.06 bits per heavy atom. The van der Waals surface area contributed by atoms with Gasteiger partial charge in [0, 0.05) is 18.8 Å². The van der Waals surface area contributed by atoms with Gasteiger partial charge in [0.1, 0.15) is 0 Å². The van der Waals surface area contributed by atoms with Crippen LogP contribution < -0.4 is 0 Å². The van der Waals surface area contributed by atoms with E-state index in [2.05, 4.69) is 26.9 Å². The van der Waals surface area contributed by atoms with Crippen LogP contribution in [0.2, 0.25) is 0 Å². The molecule has 3 rings (SSSR count). The molecule has 1 aromatic rings. The molecule has 1 aliphatic carbocycles. The first-order valence-corrected chi connectivity index (χ1v) is 8.48. The minimum atomic E-state index is 0.761. The lowest BCUT2D eigenvalue weighted by atomic mass is 9.99. The first kappa shape index (κ1) is 12.5. The van der Waals surface area contributed by atoms with Crippen molar-refractivity contribution in [3.8, 4) is 0 Å². The van der Waals surface area contributed by atoms with E-state index in [4.69, 9.17) is 0 Å². The number of hydrogen-bond donors (Lipinski definition) is 0. The second-order valence-corrected chi connectivity index (χ2v) is 6.61. The number of hydrogen-bond acceptors (Lipinski definition) is 3. The Kier molecular flexibility index (Phi) is 3.94. The van der Waals surface area contributed by atoms with Crippen LogP contribution in [0, 0.1) is 5.92 Å². The first-order chi connectivity index (χ1) is 8.86. The van der Waals surface area contributed by atoms with Crippen LogP contribution in [0.1, 0.15) is 37.4 Å². The molecular weight excluding hydrogens is 242 g/mol. The Hall–Kier alpha value is -0.480. The zero-order valence-corrected chi connectivity index (χ0v) is 12.0. The third-order valence-corrected chi connectivity index (χ3v) is 4.99. The fourth-order valence-corrected chi connectivity index (χ4v) is 3.72. The largest absolute Gasteiger partial charge is 0.330 e. The quantitative estimate of drug-likeness (QED) is 0.817. The monoisotopic (exact) mass is 265 g/mol. The highest BCUT2D eigenvalue weighted by Gasteiger charge is 2.26. The molecular formula is C14H23N3S. The third-order valence-electron chi connectivity index (χ3n) is 4.18. The zero-order valence-electron chi connectivity index (χ0n) is 11.2. The fraction of sp³-hybridized carbons (Fsp3) is 0.786. The number of nitrogens with zero attached hydrogens (tertiary/aromatic N) is 3. The highest BCUT2D eigenvalue weighted by molar-refractivity contribution is 7.98. The molecule has 1 aliphatic heterocycles. The van der Waals surface area contributed by atoms with Crippen molar-refractivity contribution in [2.45, 2.75) is 38.3 Å². The van der Waals surface area contributed by atoms with Crippen LogP contribution in [0.25, 0.3) is 0 Å². The van der Waals surface area contributed by atoms with E-state index in [-0.39, 0.29) is 0 Å². The van der Waals surface area contributed by atoms with E-state index in [0.29, 0.717) is 0 Å². The second-order valence-electron chi connectivity index (χ2n) is 5.70. The highest BCUT2D eigenvalue weighted by atomic mass is 32.2. The SMILES string of the molecule is CSCC1CCN(Cc2cncn2C2CC2)CC1. The van der Waals surface area contributed by atoms with Crippen molar-refractivity contribution in [1.82, 2.24) is 14.5 Å². The molecule has 1 saturated heterocycles. The van der Waals surface area contributed by atoms with Gasteiger partial charge in [-0.3, -0.25) is 4.90 Å². The minimum Gasteiger partial charge on any atom is -0.330 e. The maximum Gasteiger partial charge on any atom is 0.0951 e. The van der Waals surface area contributed by atoms with Gasteiger partial charge in [0.15, 0.2) is 0 Å². The van der Waals surface area contributed by atoms with Gasteiger partial charge in [-0.25, -0.2) is 4.98 Å². The van der Waals surface area contributed by atoms with Gasteiger partial charge in [-0.15, -0.1) is 0 Å². The Bertz CT molecular complexity index is 378. The summed E-state index contributed by atoms with van der Waals surface area (Å²) in [6.07, 6.45) is 11.7. The molecule has 0 unspecified atom stereocenters. The molecule has 0 N–H and O–H groups in total. The standard InChI is InChI=1S/C14H23N3S/c1-18-10-12-4-6-16(7-5-12)9-14-8-15-11-17(14)13-2-3-13/h8,11-13H,2-7,9-10H2,1H3. The van der Waals surface area contributed by atoms with Crippen molar-refractivity contribution in [2.75, 3.05) is 25.1 Å². The Morgan fingerprint density at radius 3 is 2.72 bits per heavy atom. The lowest BCUT2D eigenvalue weighted by molar-refractivity contribution is 0.183. The number of piperidine rings is 1. The predicted octanol–water partition coefficient (Wildman–Crippen LogP) is 2.79. The van der Waals surface area contributed by atoms with Gasteiger partial charge >= 0.3 is 0 Å². The topological polar surface area (TPSA) is 21.1 Å². The molecule has 0 aromatic carbocycles. The fourth-order valence-electron chi connectivity index (χ4n) is 2.91. The normalized spacial score (nSPS) is 22.5. The van der Waals surface area contributed by atoms with Crippen molar-refractivity contribution in [3.05, 3.63) is 18.2 Å². The maximum atomic E-state index is 4.33. The molecule has 18 heavy (non-hydrogen) atoms. The van der Waals surface area contributed by atoms with Gasteiger partial charge < -0.3 is 4.57 Å². The number of aromatic nitrogens is 2. The van der Waals surface area contributed by atoms with Crippen molar-refractivity contribution in [2.24, 2.45) is 5.92 Å². The van der Waals surface area contributed by atoms with Crippen LogP contribution >= 0.6 is 11.8 Å². The summed E-state index contributed by atoms with van der Waals surface area (Å²) in [5.41, 5.74) is 1.42. The molecule has 0 spiro atoms. The van der Waals surface area contributed by atoms with Gasteiger partial charge in [0.2, 0.25) is 0 Å². The van der Waals surface area contributed by atoms with Crippen LogP contribution in [0.5, 0.6) is 0 Å². The number of imidazole rings is 1. The molecule has 0 bridgehead atoms. The lowest BCUT2D eigenvalue weighted by Gasteiger charge is -2.31. The van der Waals surface area contributed by atoms with E-state index in [1.165, 1.54) is 50.2 Å². The van der Waals surface area contributed by atoms with E-state index in [1.807, 2.05) is 18.1 Å². The van der Waals surface area contributed by atoms with Gasteiger partial charge in [-0.05, 0) is 56.7 Å². The van der Waals surface area contributed by atoms with Crippen LogP contribution in [0.4, 0.5) is 0 Å². The van der Waals surface area contributed by atoms with E-state index >= 15 is 0 Å². The van der Waals surface area contributed by atoms with E-state index in [9.17, 15) is 0 Å². The summed E-state index contributed by atoms with van der Waals surface area (Å²) in [6.45, 7) is 3.63. The molecule has 100 valence electrons. The zero-order chi connectivity index (χ0) is 12.4. The summed E-state index contributed by atoms with van der Waals surface area (Å²) in [7, 11) is 0. The molecule has 4 heteroatoms. The lowest BCUT2D eigenvalue weighted by Crippen LogP contribution is -2.34. The molecule has 2 aliphatic rings. The van der Waals surface area contributed by atoms with Crippen molar-refractivity contribution in [3.63, 3.8) is 0 Å². The summed E-state index contributed by atoms with van der Waals surface area (Å²) < 4.78 is 2.40. The van der Waals surface area contributed by atoms with E-state index < -0.39 is 0 Å². The van der Waals surface area contributed by atoms with Crippen LogP contribution in [0.3, 0.4) is 0 Å². The summed E-state index contributed by atoms with van der Waals surface area (Å²) >= 11 is 2.00. The van der Waals surface area contributed by atoms with Gasteiger partial charge in [0.05, 0.1) is 12.0 Å². The van der Waals surface area contributed by atoms with Crippen LogP contribution in [0.15, 0.2) is 12.5 Å². The van der Waals surface area contributed by atoms with Gasteiger partial charge in [-0.2, -0.15) is 11.8 Å². The average Bonchev–Trinajstić information content (AvgIpc) is 3.13. The van der Waals surface area contributed by atoms with Crippen molar-refractivity contribution < 1.29 is 0 Å². The van der Waals surface area contributed by atoms with E-state index in [1.54, 1.807) is 0 Å². The number of likely N-dealkylation sites (tertiary alicyclic amines) is 1. The molecule has 3 nitrogen and oxygen atoms in total. The summed E-state index contributed by atoms with van der Waals surface area (Å²) in [5.74, 6) is 2.29. The van der Waals surface area contributed by atoms with Gasteiger partial charge in [-0.1, -0.05) is 0 Å².